The van der Waals surface area contributed by atoms with Crippen molar-refractivity contribution in [2.45, 2.75) is 30.9 Å². The van der Waals surface area contributed by atoms with E-state index in [1.165, 1.54) is 0 Å². The largest absolute Gasteiger partial charge is 0.465 e. The molecule has 0 unspecified atom stereocenters. The minimum atomic E-state index is -1.09. The number of carbonyl (C=O) groups is 1. The van der Waals surface area contributed by atoms with Crippen molar-refractivity contribution in [2.75, 3.05) is 36.0 Å². The molecule has 2 aliphatic rings. The highest BCUT2D eigenvalue weighted by Crippen LogP contribution is 2.49. The van der Waals surface area contributed by atoms with Crippen LogP contribution in [-0.2, 0) is 5.54 Å². The van der Waals surface area contributed by atoms with Crippen LogP contribution in [0.1, 0.15) is 25.3 Å². The Morgan fingerprint density at radius 2 is 1.64 bits per heavy atom. The number of aromatic nitrogens is 3. The summed E-state index contributed by atoms with van der Waals surface area (Å²) in [6.45, 7) is 5.08. The van der Waals surface area contributed by atoms with Crippen molar-refractivity contribution in [1.29, 1.82) is 0 Å². The molecule has 9 nitrogen and oxygen atoms in total. The predicted octanol–water partition coefficient (Wildman–Crippen LogP) is 4.60. The van der Waals surface area contributed by atoms with Crippen LogP contribution in [0.4, 0.5) is 15.7 Å². The molecule has 0 atom stereocenters. The van der Waals surface area contributed by atoms with E-state index in [-0.39, 0.29) is 0 Å². The summed E-state index contributed by atoms with van der Waals surface area (Å²) in [7, 11) is 0. The molecule has 1 saturated carbocycles. The molecule has 39 heavy (non-hydrogen) atoms. The van der Waals surface area contributed by atoms with Gasteiger partial charge in [-0.1, -0.05) is 65.9 Å². The van der Waals surface area contributed by atoms with Crippen LogP contribution in [-0.4, -0.2) is 63.0 Å². The maximum absolute atomic E-state index is 11.5. The maximum Gasteiger partial charge on any atom is 0.405 e. The summed E-state index contributed by atoms with van der Waals surface area (Å²) in [6.07, 6.45) is 4.79. The van der Waals surface area contributed by atoms with E-state index >= 15 is 0 Å². The van der Waals surface area contributed by atoms with Gasteiger partial charge < -0.3 is 25.3 Å². The molecule has 1 aliphatic carbocycles. The highest BCUT2D eigenvalue weighted by molar-refractivity contribution is 7.19. The van der Waals surface area contributed by atoms with Crippen LogP contribution in [0.3, 0.4) is 0 Å². The highest BCUT2D eigenvalue weighted by atomic mass is 32.1. The summed E-state index contributed by atoms with van der Waals surface area (Å²) in [5.74, 6) is 0.894. The molecule has 200 valence electrons. The van der Waals surface area contributed by atoms with Gasteiger partial charge in [0.1, 0.15) is 5.82 Å². The van der Waals surface area contributed by atoms with Gasteiger partial charge in [-0.3, -0.25) is 4.98 Å². The standard InChI is InChI=1S/C29H30N6O3S/c1-28(38)18-29(19-28,33-27(36)37)22-9-7-20(8-10-22)24-25(21-5-3-2-4-6-21)39-26(32-24)35-15-13-34(14-16-35)23-17-30-11-12-31-23/h2-12,17,33,38H,13-16,18-19H2,1H3,(H,36,37)/t28-,29+. The zero-order chi connectivity index (χ0) is 27.0. The summed E-state index contributed by atoms with van der Waals surface area (Å²) in [6, 6.07) is 18.2. The van der Waals surface area contributed by atoms with Crippen molar-refractivity contribution in [3.05, 3.63) is 78.8 Å². The molecular weight excluding hydrogens is 512 g/mol. The monoisotopic (exact) mass is 542 g/mol. The molecule has 0 spiro atoms. The summed E-state index contributed by atoms with van der Waals surface area (Å²) >= 11 is 1.69. The summed E-state index contributed by atoms with van der Waals surface area (Å²) in [5, 5.41) is 23.4. The molecule has 2 aromatic heterocycles. The Labute approximate surface area is 230 Å². The fourth-order valence-corrected chi connectivity index (χ4v) is 6.92. The third-order valence-corrected chi connectivity index (χ3v) is 8.66. The maximum atomic E-state index is 11.5. The highest BCUT2D eigenvalue weighted by Gasteiger charge is 2.53. The van der Waals surface area contributed by atoms with Gasteiger partial charge in [0, 0.05) is 57.0 Å². The molecule has 1 amide bonds. The normalized spacial score (nSPS) is 22.8. The van der Waals surface area contributed by atoms with Crippen molar-refractivity contribution in [3.63, 3.8) is 0 Å². The summed E-state index contributed by atoms with van der Waals surface area (Å²) < 4.78 is 0. The fourth-order valence-electron chi connectivity index (χ4n) is 5.77. The first-order valence-corrected chi connectivity index (χ1v) is 13.8. The molecular formula is C29H30N6O3S. The number of hydrogen-bond acceptors (Lipinski definition) is 8. The van der Waals surface area contributed by atoms with Crippen molar-refractivity contribution < 1.29 is 15.0 Å². The van der Waals surface area contributed by atoms with Gasteiger partial charge in [-0.25, -0.2) is 14.8 Å². The quantitative estimate of drug-likeness (QED) is 0.324. The number of aliphatic hydroxyl groups is 1. The van der Waals surface area contributed by atoms with E-state index in [4.69, 9.17) is 4.98 Å². The molecule has 1 aliphatic heterocycles. The van der Waals surface area contributed by atoms with E-state index in [1.807, 2.05) is 42.5 Å². The van der Waals surface area contributed by atoms with Crippen LogP contribution in [0.2, 0.25) is 0 Å². The lowest BCUT2D eigenvalue weighted by Crippen LogP contribution is -2.61. The van der Waals surface area contributed by atoms with Crippen LogP contribution in [0.25, 0.3) is 21.7 Å². The zero-order valence-corrected chi connectivity index (χ0v) is 22.4. The summed E-state index contributed by atoms with van der Waals surface area (Å²) in [4.78, 5) is 30.9. The Kier molecular flexibility index (Phi) is 6.44. The van der Waals surface area contributed by atoms with Gasteiger partial charge in [0.25, 0.3) is 0 Å². The topological polar surface area (TPSA) is 115 Å². The number of anilines is 2. The number of amides is 1. The van der Waals surface area contributed by atoms with Gasteiger partial charge in [0.05, 0.1) is 27.9 Å². The zero-order valence-electron chi connectivity index (χ0n) is 21.6. The first kappa shape index (κ1) is 25.3. The second kappa shape index (κ2) is 9.94. The number of rotatable bonds is 6. The van der Waals surface area contributed by atoms with Gasteiger partial charge in [-0.05, 0) is 18.1 Å². The third kappa shape index (κ3) is 5.05. The Balaban J connectivity index is 1.29. The molecule has 1 saturated heterocycles. The Morgan fingerprint density at radius 3 is 2.26 bits per heavy atom. The number of hydrogen-bond donors (Lipinski definition) is 3. The second-order valence-electron chi connectivity index (χ2n) is 10.5. The van der Waals surface area contributed by atoms with E-state index < -0.39 is 17.2 Å². The molecule has 10 heteroatoms. The van der Waals surface area contributed by atoms with E-state index in [2.05, 4.69) is 37.2 Å². The molecule has 4 aromatic rings. The fraction of sp³-hybridized carbons (Fsp3) is 0.310. The first-order chi connectivity index (χ1) is 18.8. The van der Waals surface area contributed by atoms with Gasteiger partial charge in [0.2, 0.25) is 0 Å². The number of thiazole rings is 1. The van der Waals surface area contributed by atoms with E-state index in [0.717, 1.165) is 64.4 Å². The van der Waals surface area contributed by atoms with Gasteiger partial charge >= 0.3 is 6.09 Å². The Morgan fingerprint density at radius 1 is 0.949 bits per heavy atom. The molecule has 6 rings (SSSR count). The molecule has 2 fully saturated rings. The van der Waals surface area contributed by atoms with Gasteiger partial charge in [-0.2, -0.15) is 0 Å². The Hall–Kier alpha value is -4.02. The molecule has 0 bridgehead atoms. The number of benzene rings is 2. The van der Waals surface area contributed by atoms with Crippen molar-refractivity contribution in [2.24, 2.45) is 0 Å². The van der Waals surface area contributed by atoms with Crippen molar-refractivity contribution >= 4 is 28.4 Å². The predicted molar refractivity (Wildman–Crippen MR) is 152 cm³/mol. The third-order valence-electron chi connectivity index (χ3n) is 7.50. The second-order valence-corrected chi connectivity index (χ2v) is 11.5. The van der Waals surface area contributed by atoms with E-state index in [9.17, 15) is 15.0 Å². The average molecular weight is 543 g/mol. The van der Waals surface area contributed by atoms with Crippen LogP contribution >= 0.6 is 11.3 Å². The Bertz CT molecular complexity index is 1440. The number of carboxylic acid groups (broad SMARTS) is 1. The molecule has 0 radical (unpaired) electrons. The number of nitrogens with zero attached hydrogens (tertiary/aromatic N) is 5. The molecule has 2 aromatic carbocycles. The lowest BCUT2D eigenvalue weighted by atomic mass is 9.62. The number of piperazine rings is 1. The van der Waals surface area contributed by atoms with Crippen molar-refractivity contribution in [3.8, 4) is 21.7 Å². The minimum Gasteiger partial charge on any atom is -0.465 e. The average Bonchev–Trinajstić information content (AvgIpc) is 3.38. The minimum absolute atomic E-state index is 0.336. The lowest BCUT2D eigenvalue weighted by molar-refractivity contribution is -0.0858. The molecule has 3 N–H and O–H groups in total. The smallest absolute Gasteiger partial charge is 0.405 e. The SMILES string of the molecule is C[C@]1(O)C[C@](NC(=O)O)(c2ccc(-c3nc(N4CCN(c5cnccn5)CC4)sc3-c3ccccc3)cc2)C1. The van der Waals surface area contributed by atoms with E-state index in [1.54, 1.807) is 36.9 Å². The van der Waals surface area contributed by atoms with E-state index in [0.29, 0.717) is 12.8 Å². The molecule has 3 heterocycles. The summed E-state index contributed by atoms with van der Waals surface area (Å²) in [5.41, 5.74) is 2.16. The van der Waals surface area contributed by atoms with Crippen LogP contribution in [0.15, 0.2) is 73.2 Å². The first-order valence-electron chi connectivity index (χ1n) is 13.0. The van der Waals surface area contributed by atoms with Crippen molar-refractivity contribution in [1.82, 2.24) is 20.3 Å². The lowest BCUT2D eigenvalue weighted by Gasteiger charge is -2.51. The van der Waals surface area contributed by atoms with Crippen LogP contribution < -0.4 is 15.1 Å². The van der Waals surface area contributed by atoms with Crippen LogP contribution in [0.5, 0.6) is 0 Å². The van der Waals surface area contributed by atoms with Crippen LogP contribution in [0, 0.1) is 0 Å². The van der Waals surface area contributed by atoms with Gasteiger partial charge in [-0.15, -0.1) is 0 Å². The number of nitrogens with one attached hydrogen (secondary N) is 1. The van der Waals surface area contributed by atoms with Gasteiger partial charge in [0.15, 0.2) is 5.13 Å².